The van der Waals surface area contributed by atoms with Crippen LogP contribution in [0.15, 0.2) is 69.8 Å². The standard InChI is InChI=1S/C21H18BrN3O4/c1-13-6-2-5-9-16(13)28-12-19(26)24-25-20(17-10-11-18(22)29-17)23-15-8-4-3-7-14(15)21(25)27/h2-11,20,23H,12H2,1H3,(H,24,26). The second kappa shape index (κ2) is 8.00. The molecule has 1 unspecified atom stereocenters. The number of rotatable bonds is 5. The molecule has 0 bridgehead atoms. The number of nitrogens with zero attached hydrogens (tertiary/aromatic N) is 1. The van der Waals surface area contributed by atoms with Crippen molar-refractivity contribution in [1.29, 1.82) is 0 Å². The summed E-state index contributed by atoms with van der Waals surface area (Å²) in [6.45, 7) is 1.66. The molecule has 1 aliphatic rings. The predicted molar refractivity (Wildman–Crippen MR) is 110 cm³/mol. The molecule has 2 aromatic carbocycles. The van der Waals surface area contributed by atoms with Gasteiger partial charge in [0.25, 0.3) is 11.8 Å². The van der Waals surface area contributed by atoms with Crippen LogP contribution in [0.4, 0.5) is 5.69 Å². The molecule has 148 valence electrons. The molecule has 3 aromatic rings. The number of halogens is 1. The average Bonchev–Trinajstić information content (AvgIpc) is 3.15. The fourth-order valence-electron chi connectivity index (χ4n) is 3.07. The lowest BCUT2D eigenvalue weighted by atomic mass is 10.1. The number of hydrogen-bond acceptors (Lipinski definition) is 5. The molecule has 2 heterocycles. The fraction of sp³-hybridized carbons (Fsp3) is 0.143. The summed E-state index contributed by atoms with van der Waals surface area (Å²) in [6.07, 6.45) is -0.703. The normalized spacial score (nSPS) is 15.4. The number of ether oxygens (including phenoxy) is 1. The molecular weight excluding hydrogens is 438 g/mol. The fourth-order valence-corrected chi connectivity index (χ4v) is 3.39. The van der Waals surface area contributed by atoms with Crippen LogP contribution >= 0.6 is 15.9 Å². The van der Waals surface area contributed by atoms with Crippen molar-refractivity contribution < 1.29 is 18.7 Å². The van der Waals surface area contributed by atoms with E-state index in [4.69, 9.17) is 9.15 Å². The van der Waals surface area contributed by atoms with E-state index in [0.717, 1.165) is 5.56 Å². The number of hydrogen-bond donors (Lipinski definition) is 2. The Labute approximate surface area is 175 Å². The van der Waals surface area contributed by atoms with Crippen LogP contribution in [0.2, 0.25) is 0 Å². The SMILES string of the molecule is Cc1ccccc1OCC(=O)NN1C(=O)c2ccccc2NC1c1ccc(Br)o1. The zero-order valence-corrected chi connectivity index (χ0v) is 17.1. The van der Waals surface area contributed by atoms with E-state index in [2.05, 4.69) is 26.7 Å². The van der Waals surface area contributed by atoms with E-state index in [1.54, 1.807) is 36.4 Å². The first-order chi connectivity index (χ1) is 14.0. The smallest absolute Gasteiger partial charge is 0.276 e. The van der Waals surface area contributed by atoms with Gasteiger partial charge in [-0.15, -0.1) is 0 Å². The monoisotopic (exact) mass is 455 g/mol. The summed E-state index contributed by atoms with van der Waals surface area (Å²) in [5.74, 6) is 0.280. The Bertz CT molecular complexity index is 1070. The van der Waals surface area contributed by atoms with Gasteiger partial charge >= 0.3 is 0 Å². The molecule has 0 aliphatic carbocycles. The molecule has 7 nitrogen and oxygen atoms in total. The van der Waals surface area contributed by atoms with Crippen molar-refractivity contribution in [2.24, 2.45) is 0 Å². The minimum Gasteiger partial charge on any atom is -0.483 e. The highest BCUT2D eigenvalue weighted by atomic mass is 79.9. The molecule has 1 aliphatic heterocycles. The van der Waals surface area contributed by atoms with Crippen molar-refractivity contribution in [1.82, 2.24) is 10.4 Å². The van der Waals surface area contributed by atoms with Gasteiger partial charge in [-0.05, 0) is 58.7 Å². The van der Waals surface area contributed by atoms with Crippen LogP contribution in [0.3, 0.4) is 0 Å². The Kier molecular flexibility index (Phi) is 5.26. The highest BCUT2D eigenvalue weighted by molar-refractivity contribution is 9.10. The minimum absolute atomic E-state index is 0.231. The number of carbonyl (C=O) groups excluding carboxylic acids is 2. The van der Waals surface area contributed by atoms with Gasteiger partial charge in [0.15, 0.2) is 17.4 Å². The molecule has 0 spiro atoms. The Morgan fingerprint density at radius 1 is 1.17 bits per heavy atom. The molecule has 0 fully saturated rings. The van der Waals surface area contributed by atoms with Crippen LogP contribution in [-0.4, -0.2) is 23.4 Å². The number of aryl methyl sites for hydroxylation is 1. The number of furan rings is 1. The summed E-state index contributed by atoms with van der Waals surface area (Å²) in [5.41, 5.74) is 4.68. The molecule has 0 saturated carbocycles. The maximum atomic E-state index is 13.0. The van der Waals surface area contributed by atoms with Crippen molar-refractivity contribution in [3.63, 3.8) is 0 Å². The highest BCUT2D eigenvalue weighted by Crippen LogP contribution is 2.33. The van der Waals surface area contributed by atoms with Gasteiger partial charge in [-0.1, -0.05) is 30.3 Å². The first-order valence-corrected chi connectivity index (χ1v) is 9.74. The van der Waals surface area contributed by atoms with E-state index >= 15 is 0 Å². The van der Waals surface area contributed by atoms with Crippen molar-refractivity contribution in [3.8, 4) is 5.75 Å². The maximum absolute atomic E-state index is 13.0. The molecule has 2 N–H and O–H groups in total. The zero-order valence-electron chi connectivity index (χ0n) is 15.5. The molecule has 2 amide bonds. The van der Waals surface area contributed by atoms with E-state index in [-0.39, 0.29) is 12.5 Å². The van der Waals surface area contributed by atoms with E-state index in [1.807, 2.05) is 31.2 Å². The third kappa shape index (κ3) is 3.97. The van der Waals surface area contributed by atoms with Crippen molar-refractivity contribution >= 4 is 33.4 Å². The largest absolute Gasteiger partial charge is 0.483 e. The number of nitrogens with one attached hydrogen (secondary N) is 2. The van der Waals surface area contributed by atoms with Crippen molar-refractivity contribution in [2.75, 3.05) is 11.9 Å². The maximum Gasteiger partial charge on any atom is 0.276 e. The Balaban J connectivity index is 1.55. The number of para-hydroxylation sites is 2. The van der Waals surface area contributed by atoms with Gasteiger partial charge < -0.3 is 14.5 Å². The van der Waals surface area contributed by atoms with Crippen LogP contribution in [0.1, 0.15) is 27.8 Å². The molecule has 8 heteroatoms. The lowest BCUT2D eigenvalue weighted by molar-refractivity contribution is -0.127. The predicted octanol–water partition coefficient (Wildman–Crippen LogP) is 4.03. The van der Waals surface area contributed by atoms with Gasteiger partial charge in [0.05, 0.1) is 5.56 Å². The van der Waals surface area contributed by atoms with Gasteiger partial charge in [-0.25, -0.2) is 5.01 Å². The van der Waals surface area contributed by atoms with E-state index < -0.39 is 12.1 Å². The summed E-state index contributed by atoms with van der Waals surface area (Å²) >= 11 is 3.27. The number of anilines is 1. The first kappa shape index (κ1) is 19.1. The van der Waals surface area contributed by atoms with E-state index in [9.17, 15) is 9.59 Å². The molecule has 1 atom stereocenters. The van der Waals surface area contributed by atoms with Crippen molar-refractivity contribution in [2.45, 2.75) is 13.1 Å². The summed E-state index contributed by atoms with van der Waals surface area (Å²) in [7, 11) is 0. The van der Waals surface area contributed by atoms with Crippen LogP contribution in [0, 0.1) is 6.92 Å². The lowest BCUT2D eigenvalue weighted by Crippen LogP contribution is -2.53. The average molecular weight is 456 g/mol. The van der Waals surface area contributed by atoms with Crippen molar-refractivity contribution in [3.05, 3.63) is 82.2 Å². The van der Waals surface area contributed by atoms with Gasteiger partial charge in [-0.2, -0.15) is 0 Å². The van der Waals surface area contributed by atoms with E-state index in [0.29, 0.717) is 27.4 Å². The van der Waals surface area contributed by atoms with Gasteiger partial charge in [0, 0.05) is 5.69 Å². The lowest BCUT2D eigenvalue weighted by Gasteiger charge is -2.36. The summed E-state index contributed by atoms with van der Waals surface area (Å²) in [6, 6.07) is 18.0. The third-order valence-electron chi connectivity index (χ3n) is 4.49. The van der Waals surface area contributed by atoms with Gasteiger partial charge in [0.1, 0.15) is 11.5 Å². The number of benzene rings is 2. The second-order valence-corrected chi connectivity index (χ2v) is 7.28. The Morgan fingerprint density at radius 2 is 1.93 bits per heavy atom. The van der Waals surface area contributed by atoms with Crippen LogP contribution in [-0.2, 0) is 4.79 Å². The highest BCUT2D eigenvalue weighted by Gasteiger charge is 2.36. The molecule has 0 saturated heterocycles. The molecule has 29 heavy (non-hydrogen) atoms. The summed E-state index contributed by atoms with van der Waals surface area (Å²) < 4.78 is 11.7. The summed E-state index contributed by atoms with van der Waals surface area (Å²) in [4.78, 5) is 25.6. The first-order valence-electron chi connectivity index (χ1n) is 8.95. The Hall–Kier alpha value is -3.26. The topological polar surface area (TPSA) is 83.8 Å². The minimum atomic E-state index is -0.703. The number of hydrazine groups is 1. The molecular formula is C21H18BrN3O4. The second-order valence-electron chi connectivity index (χ2n) is 6.50. The quantitative estimate of drug-likeness (QED) is 0.606. The molecule has 0 radical (unpaired) electrons. The van der Waals surface area contributed by atoms with E-state index in [1.165, 1.54) is 5.01 Å². The summed E-state index contributed by atoms with van der Waals surface area (Å²) in [5, 5.41) is 4.45. The van der Waals surface area contributed by atoms with Gasteiger partial charge in [0.2, 0.25) is 0 Å². The Morgan fingerprint density at radius 3 is 2.69 bits per heavy atom. The number of amides is 2. The third-order valence-corrected chi connectivity index (χ3v) is 4.91. The molecule has 4 rings (SSSR count). The van der Waals surface area contributed by atoms with Crippen LogP contribution in [0.5, 0.6) is 5.75 Å². The number of carbonyl (C=O) groups is 2. The number of fused-ring (bicyclic) bond motifs is 1. The van der Waals surface area contributed by atoms with Crippen LogP contribution in [0.25, 0.3) is 0 Å². The molecule has 1 aromatic heterocycles. The van der Waals surface area contributed by atoms with Gasteiger partial charge in [-0.3, -0.25) is 15.0 Å². The zero-order chi connectivity index (χ0) is 20.4. The van der Waals surface area contributed by atoms with Crippen LogP contribution < -0.4 is 15.5 Å².